The molecule has 0 aliphatic carbocycles. The summed E-state index contributed by atoms with van der Waals surface area (Å²) in [6, 6.07) is 1.20. The van der Waals surface area contributed by atoms with Crippen molar-refractivity contribution in [1.82, 2.24) is 5.43 Å². The SMILES string of the molecule is CN=NNC(N)=NCc1cc(C(F)(F)F)cc(C(F)(F)F)c1. The fourth-order valence-electron chi connectivity index (χ4n) is 1.42. The van der Waals surface area contributed by atoms with Gasteiger partial charge in [0, 0.05) is 0 Å². The van der Waals surface area contributed by atoms with Gasteiger partial charge >= 0.3 is 12.4 Å². The fraction of sp³-hybridized carbons (Fsp3) is 0.364. The second-order valence-corrected chi connectivity index (χ2v) is 4.03. The number of rotatable bonds is 3. The first-order valence-corrected chi connectivity index (χ1v) is 5.67. The molecule has 22 heavy (non-hydrogen) atoms. The van der Waals surface area contributed by atoms with Crippen LogP contribution in [0.2, 0.25) is 0 Å². The lowest BCUT2D eigenvalue weighted by Gasteiger charge is -2.13. The summed E-state index contributed by atoms with van der Waals surface area (Å²) >= 11 is 0. The van der Waals surface area contributed by atoms with E-state index in [4.69, 9.17) is 5.73 Å². The Morgan fingerprint density at radius 3 is 1.95 bits per heavy atom. The number of halogens is 6. The van der Waals surface area contributed by atoms with Crippen LogP contribution in [0.25, 0.3) is 0 Å². The van der Waals surface area contributed by atoms with Crippen molar-refractivity contribution in [3.8, 4) is 0 Å². The van der Waals surface area contributed by atoms with Gasteiger partial charge in [-0.3, -0.25) is 0 Å². The molecule has 0 bridgehead atoms. The zero-order valence-electron chi connectivity index (χ0n) is 11.1. The number of nitrogens with two attached hydrogens (primary N) is 1. The van der Waals surface area contributed by atoms with Gasteiger partial charge in [-0.2, -0.15) is 31.5 Å². The largest absolute Gasteiger partial charge is 0.416 e. The van der Waals surface area contributed by atoms with Gasteiger partial charge in [0.15, 0.2) is 0 Å². The summed E-state index contributed by atoms with van der Waals surface area (Å²) < 4.78 is 75.8. The van der Waals surface area contributed by atoms with Crippen molar-refractivity contribution in [2.75, 3.05) is 7.05 Å². The number of guanidine groups is 1. The maximum absolute atomic E-state index is 12.6. The Hall–Kier alpha value is -2.33. The van der Waals surface area contributed by atoms with Crippen LogP contribution in [0.1, 0.15) is 16.7 Å². The molecule has 5 nitrogen and oxygen atoms in total. The maximum atomic E-state index is 12.6. The molecule has 0 fully saturated rings. The van der Waals surface area contributed by atoms with Crippen molar-refractivity contribution in [2.24, 2.45) is 21.1 Å². The highest BCUT2D eigenvalue weighted by Gasteiger charge is 2.36. The normalized spacial score (nSPS) is 13.7. The first-order valence-electron chi connectivity index (χ1n) is 5.67. The molecule has 0 aromatic heterocycles. The van der Waals surface area contributed by atoms with Crippen molar-refractivity contribution in [3.63, 3.8) is 0 Å². The molecule has 1 aromatic carbocycles. The minimum absolute atomic E-state index is 0.0418. The third kappa shape index (κ3) is 5.22. The molecular formula is C11H11F6N5. The van der Waals surface area contributed by atoms with Crippen LogP contribution in [0.15, 0.2) is 33.5 Å². The monoisotopic (exact) mass is 327 g/mol. The average molecular weight is 327 g/mol. The van der Waals surface area contributed by atoms with Crippen LogP contribution < -0.4 is 11.2 Å². The third-order valence-corrected chi connectivity index (χ3v) is 2.34. The highest BCUT2D eigenvalue weighted by atomic mass is 19.4. The molecule has 0 heterocycles. The van der Waals surface area contributed by atoms with Crippen molar-refractivity contribution in [3.05, 3.63) is 34.9 Å². The fourth-order valence-corrected chi connectivity index (χ4v) is 1.42. The molecule has 3 N–H and O–H groups in total. The number of benzene rings is 1. The number of nitrogens with zero attached hydrogens (tertiary/aromatic N) is 3. The highest BCUT2D eigenvalue weighted by molar-refractivity contribution is 5.77. The third-order valence-electron chi connectivity index (χ3n) is 2.34. The topological polar surface area (TPSA) is 75.1 Å². The zero-order valence-corrected chi connectivity index (χ0v) is 11.1. The Morgan fingerprint density at radius 2 is 1.55 bits per heavy atom. The molecule has 0 amide bonds. The van der Waals surface area contributed by atoms with Crippen LogP contribution >= 0.6 is 0 Å². The summed E-state index contributed by atoms with van der Waals surface area (Å²) in [7, 11) is 1.32. The molecule has 1 aromatic rings. The molecule has 0 spiro atoms. The van der Waals surface area contributed by atoms with Crippen LogP contribution in [0.4, 0.5) is 26.3 Å². The number of hydrogen-bond acceptors (Lipinski definition) is 3. The van der Waals surface area contributed by atoms with Crippen LogP contribution in [-0.2, 0) is 18.9 Å². The second kappa shape index (κ2) is 6.62. The van der Waals surface area contributed by atoms with Crippen LogP contribution in [0.3, 0.4) is 0 Å². The number of aliphatic imine (C=N–C) groups is 1. The highest BCUT2D eigenvalue weighted by Crippen LogP contribution is 2.36. The van der Waals surface area contributed by atoms with E-state index in [1.165, 1.54) is 7.05 Å². The van der Waals surface area contributed by atoms with E-state index in [0.717, 1.165) is 0 Å². The van der Waals surface area contributed by atoms with E-state index in [1.54, 1.807) is 0 Å². The summed E-state index contributed by atoms with van der Waals surface area (Å²) in [5, 5.41) is 6.54. The van der Waals surface area contributed by atoms with Gasteiger partial charge in [-0.1, -0.05) is 5.22 Å². The Morgan fingerprint density at radius 1 is 1.05 bits per heavy atom. The van der Waals surface area contributed by atoms with Gasteiger partial charge in [-0.25, -0.2) is 10.4 Å². The van der Waals surface area contributed by atoms with Gasteiger partial charge < -0.3 is 5.73 Å². The van der Waals surface area contributed by atoms with Gasteiger partial charge in [0.1, 0.15) is 0 Å². The molecule has 0 radical (unpaired) electrons. The summed E-state index contributed by atoms with van der Waals surface area (Å²) in [6.45, 7) is -0.481. The van der Waals surface area contributed by atoms with Crippen LogP contribution in [-0.4, -0.2) is 13.0 Å². The molecule has 0 aliphatic rings. The van der Waals surface area contributed by atoms with E-state index in [1.807, 2.05) is 0 Å². The molecule has 0 saturated heterocycles. The van der Waals surface area contributed by atoms with Gasteiger partial charge in [-0.05, 0) is 23.8 Å². The minimum Gasteiger partial charge on any atom is -0.368 e. The predicted molar refractivity (Wildman–Crippen MR) is 65.7 cm³/mol. The molecular weight excluding hydrogens is 316 g/mol. The molecule has 0 atom stereocenters. The first kappa shape index (κ1) is 17.7. The zero-order chi connectivity index (χ0) is 17.0. The standard InChI is InChI=1S/C11H11F6N5/c1-19-22-21-9(18)20-5-6-2-7(10(12,13)14)4-8(3-6)11(15,16)17/h2-4H,5H2,1H3,(H3,18,19,20,21). The van der Waals surface area contributed by atoms with Gasteiger partial charge in [-0.15, -0.1) is 0 Å². The first-order chi connectivity index (χ1) is 10.0. The van der Waals surface area contributed by atoms with Crippen molar-refractivity contribution in [2.45, 2.75) is 18.9 Å². The molecule has 122 valence electrons. The van der Waals surface area contributed by atoms with E-state index >= 15 is 0 Å². The van der Waals surface area contributed by atoms with Crippen molar-refractivity contribution >= 4 is 5.96 Å². The summed E-state index contributed by atoms with van der Waals surface area (Å²) in [6.07, 6.45) is -9.81. The van der Waals surface area contributed by atoms with Crippen molar-refractivity contribution in [1.29, 1.82) is 0 Å². The molecule has 11 heteroatoms. The quantitative estimate of drug-likeness (QED) is 0.294. The van der Waals surface area contributed by atoms with E-state index in [-0.39, 0.29) is 17.6 Å². The summed E-state index contributed by atoms with van der Waals surface area (Å²) in [5.41, 5.74) is 4.32. The van der Waals surface area contributed by atoms with E-state index in [2.05, 4.69) is 20.8 Å². The predicted octanol–water partition coefficient (Wildman–Crippen LogP) is 3.13. The maximum Gasteiger partial charge on any atom is 0.416 e. The Balaban J connectivity index is 3.14. The Bertz CT molecular complexity index is 543. The summed E-state index contributed by atoms with van der Waals surface area (Å²) in [5.74, 6) is -0.295. The molecule has 0 saturated carbocycles. The Kier molecular flexibility index (Phi) is 5.33. The number of alkyl halides is 6. The second-order valence-electron chi connectivity index (χ2n) is 4.03. The van der Waals surface area contributed by atoms with E-state index in [0.29, 0.717) is 12.1 Å². The number of nitrogens with one attached hydrogen (secondary N) is 1. The lowest BCUT2D eigenvalue weighted by molar-refractivity contribution is -0.143. The minimum atomic E-state index is -4.90. The van der Waals surface area contributed by atoms with E-state index < -0.39 is 30.0 Å². The Labute approximate surface area is 120 Å². The van der Waals surface area contributed by atoms with Crippen LogP contribution in [0, 0.1) is 0 Å². The smallest absolute Gasteiger partial charge is 0.368 e. The molecule has 0 aliphatic heterocycles. The van der Waals surface area contributed by atoms with Crippen molar-refractivity contribution < 1.29 is 26.3 Å². The van der Waals surface area contributed by atoms with E-state index in [9.17, 15) is 26.3 Å². The lowest BCUT2D eigenvalue weighted by atomic mass is 10.0. The van der Waals surface area contributed by atoms with Gasteiger partial charge in [0.05, 0.1) is 24.7 Å². The molecule has 0 unspecified atom stereocenters. The average Bonchev–Trinajstić information content (AvgIpc) is 2.40. The van der Waals surface area contributed by atoms with Gasteiger partial charge in [0.2, 0.25) is 5.96 Å². The molecule has 1 rings (SSSR count). The number of hydrogen-bond donors (Lipinski definition) is 2. The van der Waals surface area contributed by atoms with Gasteiger partial charge in [0.25, 0.3) is 0 Å². The van der Waals surface area contributed by atoms with Crippen LogP contribution in [0.5, 0.6) is 0 Å². The summed E-state index contributed by atoms with van der Waals surface area (Å²) in [4.78, 5) is 3.57. The lowest BCUT2D eigenvalue weighted by Crippen LogP contribution is -2.26.